The Balaban J connectivity index is 1.34. The van der Waals surface area contributed by atoms with Crippen LogP contribution in [0.2, 0.25) is 0 Å². The van der Waals surface area contributed by atoms with E-state index in [-0.39, 0.29) is 12.5 Å². The molecule has 29 heavy (non-hydrogen) atoms. The first-order valence-corrected chi connectivity index (χ1v) is 10.8. The molecule has 0 saturated carbocycles. The maximum Gasteiger partial charge on any atom is 0.260 e. The number of thiazole rings is 1. The Labute approximate surface area is 175 Å². The van der Waals surface area contributed by atoms with Crippen LogP contribution in [0.4, 0.5) is 5.13 Å². The van der Waals surface area contributed by atoms with Gasteiger partial charge in [0.1, 0.15) is 16.1 Å². The molecule has 1 aliphatic heterocycles. The average Bonchev–Trinajstić information content (AvgIpc) is 3.16. The van der Waals surface area contributed by atoms with Crippen molar-refractivity contribution in [3.8, 4) is 5.75 Å². The Morgan fingerprint density at radius 1 is 1.21 bits per heavy atom. The molecule has 7 heteroatoms. The molecule has 2 aromatic heterocycles. The molecule has 3 aromatic rings. The summed E-state index contributed by atoms with van der Waals surface area (Å²) in [6, 6.07) is 10.1. The van der Waals surface area contributed by atoms with Crippen LogP contribution in [0, 0.1) is 6.92 Å². The summed E-state index contributed by atoms with van der Waals surface area (Å²) in [7, 11) is 0. The maximum atomic E-state index is 12.7. The first kappa shape index (κ1) is 19.6. The number of aromatic nitrogens is 2. The van der Waals surface area contributed by atoms with Gasteiger partial charge in [0.2, 0.25) is 0 Å². The number of nitrogens with zero attached hydrogens (tertiary/aromatic N) is 4. The van der Waals surface area contributed by atoms with Gasteiger partial charge in [-0.05, 0) is 42.2 Å². The summed E-state index contributed by atoms with van der Waals surface area (Å²) < 4.78 is 5.92. The smallest absolute Gasteiger partial charge is 0.260 e. The van der Waals surface area contributed by atoms with E-state index in [1.807, 2.05) is 30.0 Å². The molecule has 4 rings (SSSR count). The Morgan fingerprint density at radius 2 is 2.00 bits per heavy atom. The standard InChI is InChI=1S/C22H26N4O2S/c1-15(2)17-7-6-16(3)13-19(17)28-14-20(27)25-9-11-26(12-10-25)22-24-18-5-4-8-23-21(18)29-22/h4-8,13,15H,9-12,14H2,1-3H3. The molecule has 1 saturated heterocycles. The molecular weight excluding hydrogens is 384 g/mol. The minimum Gasteiger partial charge on any atom is -0.483 e. The number of piperazine rings is 1. The van der Waals surface area contributed by atoms with Crippen molar-refractivity contribution >= 4 is 32.7 Å². The van der Waals surface area contributed by atoms with E-state index in [4.69, 9.17) is 4.74 Å². The zero-order chi connectivity index (χ0) is 20.4. The Kier molecular flexibility index (Phi) is 5.67. The fourth-order valence-electron chi connectivity index (χ4n) is 3.52. The molecule has 0 aliphatic carbocycles. The molecular formula is C22H26N4O2S. The summed E-state index contributed by atoms with van der Waals surface area (Å²) in [5, 5.41) is 0.975. The van der Waals surface area contributed by atoms with Crippen molar-refractivity contribution in [2.75, 3.05) is 37.7 Å². The lowest BCUT2D eigenvalue weighted by Crippen LogP contribution is -2.50. The van der Waals surface area contributed by atoms with Crippen LogP contribution in [-0.2, 0) is 4.79 Å². The zero-order valence-electron chi connectivity index (χ0n) is 17.1. The molecule has 0 spiro atoms. The SMILES string of the molecule is Cc1ccc(C(C)C)c(OCC(=O)N2CCN(c3nc4cccnc4s3)CC2)c1. The monoisotopic (exact) mass is 410 g/mol. The summed E-state index contributed by atoms with van der Waals surface area (Å²) in [5.74, 6) is 1.20. The van der Waals surface area contributed by atoms with Crippen LogP contribution in [0.5, 0.6) is 5.75 Å². The molecule has 0 unspecified atom stereocenters. The number of carbonyl (C=O) groups excluding carboxylic acids is 1. The molecule has 152 valence electrons. The number of amides is 1. The molecule has 1 aromatic carbocycles. The third kappa shape index (κ3) is 4.34. The van der Waals surface area contributed by atoms with E-state index < -0.39 is 0 Å². The number of benzene rings is 1. The highest BCUT2D eigenvalue weighted by Gasteiger charge is 2.24. The molecule has 0 radical (unpaired) electrons. The van der Waals surface area contributed by atoms with Gasteiger partial charge in [0.05, 0.1) is 0 Å². The summed E-state index contributed by atoms with van der Waals surface area (Å²) in [6.45, 7) is 9.28. The zero-order valence-corrected chi connectivity index (χ0v) is 17.9. The number of hydrogen-bond acceptors (Lipinski definition) is 6. The Hall–Kier alpha value is -2.67. The number of hydrogen-bond donors (Lipinski definition) is 0. The van der Waals surface area contributed by atoms with Gasteiger partial charge in [-0.25, -0.2) is 9.97 Å². The quantitative estimate of drug-likeness (QED) is 0.639. The number of carbonyl (C=O) groups is 1. The van der Waals surface area contributed by atoms with Crippen molar-refractivity contribution < 1.29 is 9.53 Å². The van der Waals surface area contributed by atoms with Gasteiger partial charge in [-0.15, -0.1) is 0 Å². The van der Waals surface area contributed by atoms with Crippen molar-refractivity contribution in [2.45, 2.75) is 26.7 Å². The second kappa shape index (κ2) is 8.37. The number of pyridine rings is 1. The van der Waals surface area contributed by atoms with Gasteiger partial charge in [-0.3, -0.25) is 4.79 Å². The summed E-state index contributed by atoms with van der Waals surface area (Å²) in [4.78, 5) is 26.8. The molecule has 6 nitrogen and oxygen atoms in total. The highest BCUT2D eigenvalue weighted by atomic mass is 32.1. The predicted molar refractivity (Wildman–Crippen MR) is 117 cm³/mol. The topological polar surface area (TPSA) is 58.6 Å². The number of rotatable bonds is 5. The lowest BCUT2D eigenvalue weighted by atomic mass is 10.0. The van der Waals surface area contributed by atoms with Gasteiger partial charge in [-0.1, -0.05) is 37.3 Å². The lowest BCUT2D eigenvalue weighted by Gasteiger charge is -2.34. The molecule has 1 fully saturated rings. The van der Waals surface area contributed by atoms with Gasteiger partial charge in [0.15, 0.2) is 11.7 Å². The van der Waals surface area contributed by atoms with Crippen LogP contribution in [0.3, 0.4) is 0 Å². The molecule has 1 amide bonds. The van der Waals surface area contributed by atoms with Crippen molar-refractivity contribution in [3.63, 3.8) is 0 Å². The van der Waals surface area contributed by atoms with E-state index in [1.165, 1.54) is 0 Å². The minimum absolute atomic E-state index is 0.0341. The van der Waals surface area contributed by atoms with Crippen LogP contribution < -0.4 is 9.64 Å². The van der Waals surface area contributed by atoms with Crippen LogP contribution in [0.15, 0.2) is 36.5 Å². The predicted octanol–water partition coefficient (Wildman–Crippen LogP) is 3.85. The van der Waals surface area contributed by atoms with Crippen molar-refractivity contribution in [1.82, 2.24) is 14.9 Å². The maximum absolute atomic E-state index is 12.7. The number of anilines is 1. The highest BCUT2D eigenvalue weighted by Crippen LogP contribution is 2.29. The molecule has 3 heterocycles. The second-order valence-electron chi connectivity index (χ2n) is 7.68. The molecule has 0 bridgehead atoms. The van der Waals surface area contributed by atoms with Gasteiger partial charge in [0, 0.05) is 32.4 Å². The largest absolute Gasteiger partial charge is 0.483 e. The summed E-state index contributed by atoms with van der Waals surface area (Å²) in [5.41, 5.74) is 3.20. The highest BCUT2D eigenvalue weighted by molar-refractivity contribution is 7.21. The van der Waals surface area contributed by atoms with E-state index in [0.717, 1.165) is 45.4 Å². The van der Waals surface area contributed by atoms with Crippen LogP contribution >= 0.6 is 11.3 Å². The van der Waals surface area contributed by atoms with Crippen LogP contribution in [0.25, 0.3) is 10.3 Å². The first-order valence-electron chi connectivity index (χ1n) is 9.99. The fraction of sp³-hybridized carbons (Fsp3) is 0.409. The number of ether oxygens (including phenoxy) is 1. The van der Waals surface area contributed by atoms with E-state index in [2.05, 4.69) is 40.8 Å². The normalized spacial score (nSPS) is 14.6. The molecule has 0 N–H and O–H groups in total. The Morgan fingerprint density at radius 3 is 2.72 bits per heavy atom. The molecule has 0 atom stereocenters. The van der Waals surface area contributed by atoms with Crippen molar-refractivity contribution in [3.05, 3.63) is 47.7 Å². The van der Waals surface area contributed by atoms with Crippen LogP contribution in [-0.4, -0.2) is 53.6 Å². The summed E-state index contributed by atoms with van der Waals surface area (Å²) >= 11 is 1.60. The number of fused-ring (bicyclic) bond motifs is 1. The van der Waals surface area contributed by atoms with Gasteiger partial charge >= 0.3 is 0 Å². The Bertz CT molecular complexity index is 976. The summed E-state index contributed by atoms with van der Waals surface area (Å²) in [6.07, 6.45) is 1.79. The first-order chi connectivity index (χ1) is 14.0. The van der Waals surface area contributed by atoms with Gasteiger partial charge in [-0.2, -0.15) is 0 Å². The van der Waals surface area contributed by atoms with E-state index >= 15 is 0 Å². The van der Waals surface area contributed by atoms with Crippen molar-refractivity contribution in [2.24, 2.45) is 0 Å². The van der Waals surface area contributed by atoms with Crippen molar-refractivity contribution in [1.29, 1.82) is 0 Å². The van der Waals surface area contributed by atoms with Crippen LogP contribution in [0.1, 0.15) is 30.9 Å². The average molecular weight is 411 g/mol. The van der Waals surface area contributed by atoms with E-state index in [0.29, 0.717) is 19.0 Å². The van der Waals surface area contributed by atoms with E-state index in [9.17, 15) is 4.79 Å². The van der Waals surface area contributed by atoms with Gasteiger partial charge in [0.25, 0.3) is 5.91 Å². The third-order valence-electron chi connectivity index (χ3n) is 5.20. The van der Waals surface area contributed by atoms with Gasteiger partial charge < -0.3 is 14.5 Å². The second-order valence-corrected chi connectivity index (χ2v) is 8.63. The minimum atomic E-state index is 0.0341. The number of aryl methyl sites for hydroxylation is 1. The third-order valence-corrected chi connectivity index (χ3v) is 6.24. The molecule has 1 aliphatic rings. The lowest BCUT2D eigenvalue weighted by molar-refractivity contribution is -0.133. The van der Waals surface area contributed by atoms with E-state index in [1.54, 1.807) is 17.5 Å². The fourth-order valence-corrected chi connectivity index (χ4v) is 4.48.